The summed E-state index contributed by atoms with van der Waals surface area (Å²) in [5.74, 6) is -0.186. The molecule has 0 spiro atoms. The van der Waals surface area contributed by atoms with Gasteiger partial charge in [-0.1, -0.05) is 36.4 Å². The molecule has 0 unspecified atom stereocenters. The molecular weight excluding hydrogens is 350 g/mol. The predicted molar refractivity (Wildman–Crippen MR) is 112 cm³/mol. The maximum absolute atomic E-state index is 12.6. The number of nitrogens with zero attached hydrogens (tertiary/aromatic N) is 1. The number of benzene rings is 2. The average Bonchev–Trinajstić information content (AvgIpc) is 2.71. The Hall–Kier alpha value is -3.21. The molecule has 0 aliphatic heterocycles. The van der Waals surface area contributed by atoms with E-state index in [1.807, 2.05) is 62.4 Å². The van der Waals surface area contributed by atoms with E-state index < -0.39 is 5.54 Å². The zero-order valence-corrected chi connectivity index (χ0v) is 16.5. The first-order valence-electron chi connectivity index (χ1n) is 9.37. The molecule has 28 heavy (non-hydrogen) atoms. The number of pyridine rings is 1. The second-order valence-electron chi connectivity index (χ2n) is 7.47. The molecule has 0 saturated carbocycles. The van der Waals surface area contributed by atoms with Crippen LogP contribution in [0.5, 0.6) is 0 Å². The van der Waals surface area contributed by atoms with Crippen LogP contribution >= 0.6 is 0 Å². The Morgan fingerprint density at radius 1 is 1.00 bits per heavy atom. The summed E-state index contributed by atoms with van der Waals surface area (Å²) in [6, 6.07) is 17.5. The molecule has 0 aliphatic carbocycles. The molecule has 0 radical (unpaired) electrons. The van der Waals surface area contributed by atoms with Crippen molar-refractivity contribution < 1.29 is 9.59 Å². The lowest BCUT2D eigenvalue weighted by molar-refractivity contribution is -0.121. The van der Waals surface area contributed by atoms with Crippen molar-refractivity contribution in [2.75, 3.05) is 7.05 Å². The highest BCUT2D eigenvalue weighted by Gasteiger charge is 2.22. The first kappa shape index (κ1) is 19.5. The fourth-order valence-corrected chi connectivity index (χ4v) is 3.12. The van der Waals surface area contributed by atoms with Crippen molar-refractivity contribution >= 4 is 22.6 Å². The number of carbonyl (C=O) groups excluding carboxylic acids is 2. The van der Waals surface area contributed by atoms with Gasteiger partial charge in [-0.15, -0.1) is 0 Å². The third-order valence-corrected chi connectivity index (χ3v) is 4.80. The van der Waals surface area contributed by atoms with Gasteiger partial charge >= 0.3 is 0 Å². The summed E-state index contributed by atoms with van der Waals surface area (Å²) in [6.45, 7) is 3.84. The van der Waals surface area contributed by atoms with Crippen LogP contribution in [-0.4, -0.2) is 29.4 Å². The molecular formula is C23H25N3O2. The molecule has 2 N–H and O–H groups in total. The SMILES string of the molecule is CNC(=O)CCC(C)(C)NC(=O)c1ccc(-c2nccc3ccccc23)cc1. The topological polar surface area (TPSA) is 71.1 Å². The molecule has 1 heterocycles. The Morgan fingerprint density at radius 2 is 1.71 bits per heavy atom. The summed E-state index contributed by atoms with van der Waals surface area (Å²) in [6.07, 6.45) is 2.74. The lowest BCUT2D eigenvalue weighted by Gasteiger charge is -2.26. The summed E-state index contributed by atoms with van der Waals surface area (Å²) in [7, 11) is 1.61. The van der Waals surface area contributed by atoms with Gasteiger partial charge in [0.05, 0.1) is 5.69 Å². The van der Waals surface area contributed by atoms with Crippen molar-refractivity contribution in [3.8, 4) is 11.3 Å². The summed E-state index contributed by atoms with van der Waals surface area (Å²) in [5.41, 5.74) is 1.97. The zero-order valence-electron chi connectivity index (χ0n) is 16.5. The van der Waals surface area contributed by atoms with Crippen LogP contribution in [0.1, 0.15) is 37.0 Å². The van der Waals surface area contributed by atoms with Crippen LogP contribution in [-0.2, 0) is 4.79 Å². The number of fused-ring (bicyclic) bond motifs is 1. The highest BCUT2D eigenvalue weighted by Crippen LogP contribution is 2.26. The van der Waals surface area contributed by atoms with Crippen molar-refractivity contribution in [1.82, 2.24) is 15.6 Å². The fraction of sp³-hybridized carbons (Fsp3) is 0.261. The van der Waals surface area contributed by atoms with Crippen molar-refractivity contribution in [3.63, 3.8) is 0 Å². The van der Waals surface area contributed by atoms with Gasteiger partial charge in [0.2, 0.25) is 5.91 Å². The van der Waals surface area contributed by atoms with Gasteiger partial charge in [-0.2, -0.15) is 0 Å². The van der Waals surface area contributed by atoms with Crippen molar-refractivity contribution in [2.45, 2.75) is 32.2 Å². The smallest absolute Gasteiger partial charge is 0.251 e. The Kier molecular flexibility index (Phi) is 5.73. The quantitative estimate of drug-likeness (QED) is 0.686. The molecule has 5 nitrogen and oxygen atoms in total. The van der Waals surface area contributed by atoms with Crippen LogP contribution in [0.25, 0.3) is 22.0 Å². The fourth-order valence-electron chi connectivity index (χ4n) is 3.12. The van der Waals surface area contributed by atoms with E-state index in [0.717, 1.165) is 22.0 Å². The van der Waals surface area contributed by atoms with Crippen LogP contribution < -0.4 is 10.6 Å². The Morgan fingerprint density at radius 3 is 2.43 bits per heavy atom. The average molecular weight is 375 g/mol. The Bertz CT molecular complexity index is 989. The van der Waals surface area contributed by atoms with E-state index in [1.54, 1.807) is 13.2 Å². The second kappa shape index (κ2) is 8.21. The maximum Gasteiger partial charge on any atom is 0.251 e. The van der Waals surface area contributed by atoms with E-state index in [2.05, 4.69) is 21.7 Å². The normalized spacial score (nSPS) is 11.2. The van der Waals surface area contributed by atoms with Gasteiger partial charge in [0.25, 0.3) is 5.91 Å². The Balaban J connectivity index is 1.75. The van der Waals surface area contributed by atoms with Crippen molar-refractivity contribution in [1.29, 1.82) is 0 Å². The zero-order chi connectivity index (χ0) is 20.1. The van der Waals surface area contributed by atoms with Gasteiger partial charge in [0.1, 0.15) is 0 Å². The van der Waals surface area contributed by atoms with Gasteiger partial charge in [0.15, 0.2) is 0 Å². The second-order valence-corrected chi connectivity index (χ2v) is 7.47. The first-order valence-corrected chi connectivity index (χ1v) is 9.37. The lowest BCUT2D eigenvalue weighted by atomic mass is 9.97. The molecule has 3 rings (SSSR count). The highest BCUT2D eigenvalue weighted by molar-refractivity contribution is 5.97. The van der Waals surface area contributed by atoms with Crippen LogP contribution in [0.3, 0.4) is 0 Å². The standard InChI is InChI=1S/C23H25N3O2/c1-23(2,14-12-20(27)24-3)26-22(28)18-10-8-17(9-11-18)21-19-7-5-4-6-16(19)13-15-25-21/h4-11,13,15H,12,14H2,1-3H3,(H,24,27)(H,26,28). The van der Waals surface area contributed by atoms with Gasteiger partial charge in [-0.3, -0.25) is 14.6 Å². The van der Waals surface area contributed by atoms with E-state index >= 15 is 0 Å². The van der Waals surface area contributed by atoms with E-state index in [1.165, 1.54) is 0 Å². The van der Waals surface area contributed by atoms with Gasteiger partial charge in [0, 0.05) is 41.7 Å². The van der Waals surface area contributed by atoms with E-state index in [-0.39, 0.29) is 11.8 Å². The molecule has 2 aromatic carbocycles. The first-order chi connectivity index (χ1) is 13.4. The minimum absolute atomic E-state index is 0.0331. The summed E-state index contributed by atoms with van der Waals surface area (Å²) in [4.78, 5) is 28.6. The molecule has 3 aromatic rings. The third-order valence-electron chi connectivity index (χ3n) is 4.80. The van der Waals surface area contributed by atoms with Crippen molar-refractivity contribution in [3.05, 3.63) is 66.4 Å². The number of hydrogen-bond acceptors (Lipinski definition) is 3. The maximum atomic E-state index is 12.6. The Labute approximate surface area is 165 Å². The number of carbonyl (C=O) groups is 2. The van der Waals surface area contributed by atoms with Crippen LogP contribution in [0.15, 0.2) is 60.8 Å². The highest BCUT2D eigenvalue weighted by atomic mass is 16.2. The van der Waals surface area contributed by atoms with Crippen LogP contribution in [0.2, 0.25) is 0 Å². The van der Waals surface area contributed by atoms with E-state index in [9.17, 15) is 9.59 Å². The number of amides is 2. The van der Waals surface area contributed by atoms with Gasteiger partial charge in [-0.05, 0) is 43.9 Å². The lowest BCUT2D eigenvalue weighted by Crippen LogP contribution is -2.44. The van der Waals surface area contributed by atoms with E-state index in [4.69, 9.17) is 0 Å². The molecule has 0 saturated heterocycles. The molecule has 1 aromatic heterocycles. The van der Waals surface area contributed by atoms with Crippen LogP contribution in [0.4, 0.5) is 0 Å². The summed E-state index contributed by atoms with van der Waals surface area (Å²) >= 11 is 0. The number of hydrogen-bond donors (Lipinski definition) is 2. The molecule has 2 amide bonds. The van der Waals surface area contributed by atoms with E-state index in [0.29, 0.717) is 18.4 Å². The molecule has 0 bridgehead atoms. The molecule has 0 atom stereocenters. The van der Waals surface area contributed by atoms with Crippen molar-refractivity contribution in [2.24, 2.45) is 0 Å². The summed E-state index contributed by atoms with van der Waals surface area (Å²) < 4.78 is 0. The molecule has 144 valence electrons. The molecule has 0 aliphatic rings. The summed E-state index contributed by atoms with van der Waals surface area (Å²) in [5, 5.41) is 7.82. The molecule has 0 fully saturated rings. The van der Waals surface area contributed by atoms with Gasteiger partial charge in [-0.25, -0.2) is 0 Å². The number of rotatable bonds is 6. The van der Waals surface area contributed by atoms with Crippen LogP contribution in [0, 0.1) is 0 Å². The monoisotopic (exact) mass is 375 g/mol. The predicted octanol–water partition coefficient (Wildman–Crippen LogP) is 3.94. The molecule has 5 heteroatoms. The minimum atomic E-state index is -0.473. The van der Waals surface area contributed by atoms with Gasteiger partial charge < -0.3 is 10.6 Å². The number of aromatic nitrogens is 1. The minimum Gasteiger partial charge on any atom is -0.359 e. The number of nitrogens with one attached hydrogen (secondary N) is 2. The largest absolute Gasteiger partial charge is 0.359 e. The third kappa shape index (κ3) is 4.55.